The molecule has 0 amide bonds. The van der Waals surface area contributed by atoms with Crippen molar-refractivity contribution < 1.29 is 9.15 Å². The van der Waals surface area contributed by atoms with Crippen molar-refractivity contribution in [3.8, 4) is 0 Å². The van der Waals surface area contributed by atoms with Crippen molar-refractivity contribution in [2.24, 2.45) is 5.92 Å². The van der Waals surface area contributed by atoms with E-state index in [0.29, 0.717) is 12.5 Å². The van der Waals surface area contributed by atoms with Crippen LogP contribution in [-0.4, -0.2) is 13.2 Å². The fourth-order valence-corrected chi connectivity index (χ4v) is 1.59. The maximum absolute atomic E-state index is 5.65. The third-order valence-electron chi connectivity index (χ3n) is 2.72. The second kappa shape index (κ2) is 7.51. The maximum atomic E-state index is 5.65. The standard InChI is InChI=1S/C14H25NO2/c1-5-15-9-13-8-14(17-12(13)4)10-16-7-6-11(2)3/h8,11,15H,5-7,9-10H2,1-4H3. The lowest BCUT2D eigenvalue weighted by molar-refractivity contribution is 0.0964. The zero-order chi connectivity index (χ0) is 12.7. The molecule has 0 saturated heterocycles. The summed E-state index contributed by atoms with van der Waals surface area (Å²) in [4.78, 5) is 0. The molecule has 3 nitrogen and oxygen atoms in total. The largest absolute Gasteiger partial charge is 0.464 e. The molecule has 0 aliphatic carbocycles. The molecular formula is C14H25NO2. The van der Waals surface area contributed by atoms with Crippen LogP contribution in [0.2, 0.25) is 0 Å². The molecular weight excluding hydrogens is 214 g/mol. The van der Waals surface area contributed by atoms with Gasteiger partial charge in [0.1, 0.15) is 18.1 Å². The van der Waals surface area contributed by atoms with E-state index >= 15 is 0 Å². The predicted molar refractivity (Wildman–Crippen MR) is 69.9 cm³/mol. The molecule has 1 aromatic heterocycles. The number of furan rings is 1. The Hall–Kier alpha value is -0.800. The fourth-order valence-electron chi connectivity index (χ4n) is 1.59. The Morgan fingerprint density at radius 2 is 2.18 bits per heavy atom. The molecule has 1 N–H and O–H groups in total. The number of nitrogens with one attached hydrogen (secondary N) is 1. The second-order valence-electron chi connectivity index (χ2n) is 4.81. The van der Waals surface area contributed by atoms with Crippen molar-refractivity contribution in [2.75, 3.05) is 13.2 Å². The second-order valence-corrected chi connectivity index (χ2v) is 4.81. The average molecular weight is 239 g/mol. The van der Waals surface area contributed by atoms with Crippen LogP contribution in [0.15, 0.2) is 10.5 Å². The first kappa shape index (κ1) is 14.3. The third kappa shape index (κ3) is 5.37. The molecule has 17 heavy (non-hydrogen) atoms. The zero-order valence-corrected chi connectivity index (χ0v) is 11.5. The van der Waals surface area contributed by atoms with Crippen LogP contribution < -0.4 is 5.32 Å². The minimum atomic E-state index is 0.583. The van der Waals surface area contributed by atoms with E-state index in [-0.39, 0.29) is 0 Å². The van der Waals surface area contributed by atoms with Gasteiger partial charge in [0.15, 0.2) is 0 Å². The molecule has 0 saturated carbocycles. The Bertz CT molecular complexity index is 318. The van der Waals surface area contributed by atoms with Crippen LogP contribution in [0, 0.1) is 12.8 Å². The van der Waals surface area contributed by atoms with Gasteiger partial charge in [-0.15, -0.1) is 0 Å². The van der Waals surface area contributed by atoms with E-state index in [1.807, 2.05) is 6.92 Å². The monoisotopic (exact) mass is 239 g/mol. The molecule has 0 aliphatic heterocycles. The fraction of sp³-hybridized carbons (Fsp3) is 0.714. The van der Waals surface area contributed by atoms with Crippen LogP contribution in [0.4, 0.5) is 0 Å². The van der Waals surface area contributed by atoms with Gasteiger partial charge in [0.25, 0.3) is 0 Å². The molecule has 0 spiro atoms. The molecule has 0 bridgehead atoms. The van der Waals surface area contributed by atoms with E-state index in [1.54, 1.807) is 0 Å². The van der Waals surface area contributed by atoms with Crippen molar-refractivity contribution in [2.45, 2.75) is 47.3 Å². The summed E-state index contributed by atoms with van der Waals surface area (Å²) < 4.78 is 11.2. The van der Waals surface area contributed by atoms with Crippen molar-refractivity contribution in [1.82, 2.24) is 5.32 Å². The van der Waals surface area contributed by atoms with Gasteiger partial charge in [-0.3, -0.25) is 0 Å². The lowest BCUT2D eigenvalue weighted by atomic mass is 10.1. The van der Waals surface area contributed by atoms with Crippen molar-refractivity contribution in [3.05, 3.63) is 23.2 Å². The number of ether oxygens (including phenoxy) is 1. The average Bonchev–Trinajstić information content (AvgIpc) is 2.62. The summed E-state index contributed by atoms with van der Waals surface area (Å²) in [5.74, 6) is 2.62. The van der Waals surface area contributed by atoms with Crippen LogP contribution in [-0.2, 0) is 17.9 Å². The van der Waals surface area contributed by atoms with E-state index in [4.69, 9.17) is 9.15 Å². The summed E-state index contributed by atoms with van der Waals surface area (Å²) in [5.41, 5.74) is 1.23. The first-order valence-electron chi connectivity index (χ1n) is 6.50. The molecule has 1 heterocycles. The summed E-state index contributed by atoms with van der Waals surface area (Å²) in [6, 6.07) is 2.09. The molecule has 1 rings (SSSR count). The molecule has 1 aromatic rings. The quantitative estimate of drug-likeness (QED) is 0.707. The van der Waals surface area contributed by atoms with Gasteiger partial charge in [-0.1, -0.05) is 20.8 Å². The molecule has 0 radical (unpaired) electrons. The van der Waals surface area contributed by atoms with Crippen molar-refractivity contribution >= 4 is 0 Å². The van der Waals surface area contributed by atoms with Crippen LogP contribution in [0.25, 0.3) is 0 Å². The third-order valence-corrected chi connectivity index (χ3v) is 2.72. The molecule has 0 aromatic carbocycles. The van der Waals surface area contributed by atoms with Gasteiger partial charge in [0, 0.05) is 18.7 Å². The number of hydrogen-bond donors (Lipinski definition) is 1. The summed E-state index contributed by atoms with van der Waals surface area (Å²) in [6.45, 7) is 11.8. The van der Waals surface area contributed by atoms with E-state index in [0.717, 1.165) is 37.6 Å². The Kier molecular flexibility index (Phi) is 6.30. The predicted octanol–water partition coefficient (Wildman–Crippen LogP) is 3.26. The highest BCUT2D eigenvalue weighted by molar-refractivity contribution is 5.20. The van der Waals surface area contributed by atoms with Crippen molar-refractivity contribution in [1.29, 1.82) is 0 Å². The Labute approximate surface area is 105 Å². The van der Waals surface area contributed by atoms with E-state index < -0.39 is 0 Å². The van der Waals surface area contributed by atoms with Crippen molar-refractivity contribution in [3.63, 3.8) is 0 Å². The summed E-state index contributed by atoms with van der Waals surface area (Å²) in [5, 5.41) is 3.30. The Morgan fingerprint density at radius 1 is 1.41 bits per heavy atom. The Morgan fingerprint density at radius 3 is 2.82 bits per heavy atom. The van der Waals surface area contributed by atoms with E-state index in [1.165, 1.54) is 5.56 Å². The zero-order valence-electron chi connectivity index (χ0n) is 11.5. The lowest BCUT2D eigenvalue weighted by Gasteiger charge is -2.04. The van der Waals surface area contributed by atoms with Gasteiger partial charge >= 0.3 is 0 Å². The van der Waals surface area contributed by atoms with Gasteiger partial charge in [0.2, 0.25) is 0 Å². The summed E-state index contributed by atoms with van der Waals surface area (Å²) in [7, 11) is 0. The van der Waals surface area contributed by atoms with Gasteiger partial charge < -0.3 is 14.5 Å². The first-order valence-corrected chi connectivity index (χ1v) is 6.50. The van der Waals surface area contributed by atoms with Gasteiger partial charge in [-0.2, -0.15) is 0 Å². The van der Waals surface area contributed by atoms with Crippen LogP contribution >= 0.6 is 0 Å². The normalized spacial score (nSPS) is 11.4. The van der Waals surface area contributed by atoms with Crippen LogP contribution in [0.5, 0.6) is 0 Å². The number of hydrogen-bond acceptors (Lipinski definition) is 3. The highest BCUT2D eigenvalue weighted by Gasteiger charge is 2.06. The Balaban J connectivity index is 2.33. The van der Waals surface area contributed by atoms with Gasteiger partial charge in [-0.05, 0) is 31.9 Å². The SMILES string of the molecule is CCNCc1cc(COCCC(C)C)oc1C. The molecule has 0 aliphatic rings. The van der Waals surface area contributed by atoms with Gasteiger partial charge in [0.05, 0.1) is 0 Å². The molecule has 0 atom stereocenters. The highest BCUT2D eigenvalue weighted by atomic mass is 16.5. The topological polar surface area (TPSA) is 34.4 Å². The van der Waals surface area contributed by atoms with E-state index in [2.05, 4.69) is 32.2 Å². The first-order chi connectivity index (χ1) is 8.13. The number of aryl methyl sites for hydroxylation is 1. The van der Waals surface area contributed by atoms with E-state index in [9.17, 15) is 0 Å². The maximum Gasteiger partial charge on any atom is 0.130 e. The lowest BCUT2D eigenvalue weighted by Crippen LogP contribution is -2.11. The molecule has 0 fully saturated rings. The van der Waals surface area contributed by atoms with Crippen LogP contribution in [0.3, 0.4) is 0 Å². The smallest absolute Gasteiger partial charge is 0.130 e. The van der Waals surface area contributed by atoms with Gasteiger partial charge in [-0.25, -0.2) is 0 Å². The molecule has 3 heteroatoms. The highest BCUT2D eigenvalue weighted by Crippen LogP contribution is 2.15. The minimum Gasteiger partial charge on any atom is -0.464 e. The van der Waals surface area contributed by atoms with Crippen LogP contribution in [0.1, 0.15) is 44.3 Å². The minimum absolute atomic E-state index is 0.583. The summed E-state index contributed by atoms with van der Waals surface area (Å²) >= 11 is 0. The molecule has 98 valence electrons. The summed E-state index contributed by atoms with van der Waals surface area (Å²) in [6.07, 6.45) is 1.10. The number of rotatable bonds is 8. The molecule has 0 unspecified atom stereocenters.